The molecule has 20 heavy (non-hydrogen) atoms. The van der Waals surface area contributed by atoms with E-state index in [1.165, 1.54) is 0 Å². The molecular formula is C16H26O4. The first kappa shape index (κ1) is 15.5. The minimum atomic E-state index is -0.487. The third kappa shape index (κ3) is 3.61. The van der Waals surface area contributed by atoms with Gasteiger partial charge in [0, 0.05) is 6.42 Å². The molecule has 2 aliphatic rings. The number of allylic oxidation sites excluding steroid dienone is 1. The summed E-state index contributed by atoms with van der Waals surface area (Å²) in [5, 5.41) is 0. The van der Waals surface area contributed by atoms with Crippen LogP contribution in [-0.2, 0) is 19.0 Å². The van der Waals surface area contributed by atoms with Gasteiger partial charge in [-0.2, -0.15) is 0 Å². The highest BCUT2D eigenvalue weighted by atomic mass is 16.8. The molecule has 4 heteroatoms. The predicted octanol–water partition coefficient (Wildman–Crippen LogP) is 3.70. The van der Waals surface area contributed by atoms with Crippen LogP contribution in [0.1, 0.15) is 66.2 Å². The molecule has 2 heterocycles. The lowest BCUT2D eigenvalue weighted by molar-refractivity contribution is -0.160. The van der Waals surface area contributed by atoms with Crippen LogP contribution in [0.5, 0.6) is 0 Å². The molecule has 0 aliphatic carbocycles. The maximum atomic E-state index is 11.0. The second-order valence-corrected chi connectivity index (χ2v) is 6.37. The Morgan fingerprint density at radius 2 is 2.05 bits per heavy atom. The second-order valence-electron chi connectivity index (χ2n) is 6.37. The first-order valence-electron chi connectivity index (χ1n) is 7.62. The van der Waals surface area contributed by atoms with Gasteiger partial charge in [-0.3, -0.25) is 4.79 Å². The molecule has 1 saturated heterocycles. The number of rotatable bonds is 6. The van der Waals surface area contributed by atoms with Crippen LogP contribution in [0.2, 0.25) is 0 Å². The van der Waals surface area contributed by atoms with E-state index in [9.17, 15) is 4.79 Å². The smallest absolute Gasteiger partial charge is 0.314 e. The third-order valence-electron chi connectivity index (χ3n) is 4.17. The molecular weight excluding hydrogens is 256 g/mol. The van der Waals surface area contributed by atoms with Gasteiger partial charge < -0.3 is 14.2 Å². The van der Waals surface area contributed by atoms with Crippen molar-refractivity contribution in [2.75, 3.05) is 0 Å². The summed E-state index contributed by atoms with van der Waals surface area (Å²) in [6.45, 7) is 8.22. The van der Waals surface area contributed by atoms with E-state index in [0.29, 0.717) is 6.42 Å². The van der Waals surface area contributed by atoms with Gasteiger partial charge in [-0.05, 0) is 46.1 Å². The zero-order valence-corrected chi connectivity index (χ0v) is 13.0. The number of ether oxygens (including phenoxy) is 3. The van der Waals surface area contributed by atoms with Gasteiger partial charge in [0.25, 0.3) is 0 Å². The molecule has 2 aliphatic heterocycles. The molecule has 0 saturated carbocycles. The summed E-state index contributed by atoms with van der Waals surface area (Å²) < 4.78 is 17.2. The summed E-state index contributed by atoms with van der Waals surface area (Å²) in [6.07, 6.45) is 7.29. The second kappa shape index (κ2) is 5.86. The number of unbranched alkanes of at least 4 members (excludes halogenated alkanes) is 1. The predicted molar refractivity (Wildman–Crippen MR) is 76.0 cm³/mol. The number of cyclic esters (lactones) is 1. The van der Waals surface area contributed by atoms with Crippen molar-refractivity contribution >= 4 is 5.97 Å². The van der Waals surface area contributed by atoms with E-state index in [1.807, 2.05) is 19.9 Å². The molecule has 0 N–H and O–H groups in total. The van der Waals surface area contributed by atoms with Crippen LogP contribution in [0.25, 0.3) is 0 Å². The fourth-order valence-corrected chi connectivity index (χ4v) is 2.99. The van der Waals surface area contributed by atoms with Crippen LogP contribution < -0.4 is 0 Å². The lowest BCUT2D eigenvalue weighted by atomic mass is 9.92. The Bertz CT molecular complexity index is 399. The lowest BCUT2D eigenvalue weighted by Crippen LogP contribution is -2.36. The zero-order valence-electron chi connectivity index (χ0n) is 13.0. The van der Waals surface area contributed by atoms with Gasteiger partial charge in [0.15, 0.2) is 5.79 Å². The first-order valence-corrected chi connectivity index (χ1v) is 7.62. The van der Waals surface area contributed by atoms with Gasteiger partial charge in [-0.1, -0.05) is 13.3 Å². The molecule has 0 radical (unpaired) electrons. The highest BCUT2D eigenvalue weighted by molar-refractivity contribution is 5.75. The highest BCUT2D eigenvalue weighted by Gasteiger charge is 2.48. The van der Waals surface area contributed by atoms with Gasteiger partial charge >= 0.3 is 5.97 Å². The van der Waals surface area contributed by atoms with Gasteiger partial charge in [0.1, 0.15) is 5.76 Å². The Hall–Kier alpha value is -0.870. The van der Waals surface area contributed by atoms with Crippen molar-refractivity contribution in [2.24, 2.45) is 0 Å². The summed E-state index contributed by atoms with van der Waals surface area (Å²) in [6, 6.07) is 0. The van der Waals surface area contributed by atoms with E-state index >= 15 is 0 Å². The average Bonchev–Trinajstić information content (AvgIpc) is 2.87. The summed E-state index contributed by atoms with van der Waals surface area (Å²) >= 11 is 0. The standard InChI is InChI=1S/C16H26O4/c1-5-16(4)13(19-15(2,3)20-16)9-7-6-8-12-10-11-14(17)18-12/h10,13H,5-9,11H2,1-4H3/t13-,16+/m0/s1. The van der Waals surface area contributed by atoms with Crippen molar-refractivity contribution in [3.8, 4) is 0 Å². The highest BCUT2D eigenvalue weighted by Crippen LogP contribution is 2.40. The Balaban J connectivity index is 1.74. The maximum Gasteiger partial charge on any atom is 0.314 e. The molecule has 4 nitrogen and oxygen atoms in total. The van der Waals surface area contributed by atoms with Crippen molar-refractivity contribution in [1.29, 1.82) is 0 Å². The van der Waals surface area contributed by atoms with Crippen LogP contribution >= 0.6 is 0 Å². The molecule has 0 aromatic rings. The Morgan fingerprint density at radius 3 is 2.65 bits per heavy atom. The Morgan fingerprint density at radius 1 is 1.30 bits per heavy atom. The average molecular weight is 282 g/mol. The monoisotopic (exact) mass is 282 g/mol. The van der Waals surface area contributed by atoms with Crippen molar-refractivity contribution < 1.29 is 19.0 Å². The van der Waals surface area contributed by atoms with Gasteiger partial charge in [-0.25, -0.2) is 0 Å². The number of hydrogen-bond acceptors (Lipinski definition) is 4. The van der Waals surface area contributed by atoms with Crippen molar-refractivity contribution in [3.63, 3.8) is 0 Å². The van der Waals surface area contributed by atoms with E-state index in [-0.39, 0.29) is 17.7 Å². The molecule has 2 atom stereocenters. The fourth-order valence-electron chi connectivity index (χ4n) is 2.99. The quantitative estimate of drug-likeness (QED) is 0.550. The van der Waals surface area contributed by atoms with E-state index in [4.69, 9.17) is 14.2 Å². The van der Waals surface area contributed by atoms with Gasteiger partial charge in [0.05, 0.1) is 18.1 Å². The normalized spacial score (nSPS) is 32.3. The molecule has 0 aromatic carbocycles. The van der Waals surface area contributed by atoms with Crippen molar-refractivity contribution in [1.82, 2.24) is 0 Å². The minimum absolute atomic E-state index is 0.132. The van der Waals surface area contributed by atoms with Gasteiger partial charge in [0.2, 0.25) is 0 Å². The Labute approximate surface area is 121 Å². The van der Waals surface area contributed by atoms with E-state index in [1.54, 1.807) is 0 Å². The summed E-state index contributed by atoms with van der Waals surface area (Å²) in [7, 11) is 0. The lowest BCUT2D eigenvalue weighted by Gasteiger charge is -2.27. The molecule has 0 bridgehead atoms. The summed E-state index contributed by atoms with van der Waals surface area (Å²) in [5.74, 6) is 0.212. The first-order chi connectivity index (χ1) is 9.35. The molecule has 0 aromatic heterocycles. The topological polar surface area (TPSA) is 44.8 Å². The van der Waals surface area contributed by atoms with E-state index < -0.39 is 5.79 Å². The molecule has 114 valence electrons. The number of esters is 1. The molecule has 0 unspecified atom stereocenters. The van der Waals surface area contributed by atoms with Crippen molar-refractivity contribution in [2.45, 2.75) is 83.7 Å². The van der Waals surface area contributed by atoms with E-state index in [2.05, 4.69) is 13.8 Å². The number of carbonyl (C=O) groups is 1. The van der Waals surface area contributed by atoms with Crippen LogP contribution in [0.3, 0.4) is 0 Å². The SMILES string of the molecule is CC[C@@]1(C)OC(C)(C)O[C@H]1CCCCC1=CCC(=O)O1. The minimum Gasteiger partial charge on any atom is -0.431 e. The third-order valence-corrected chi connectivity index (χ3v) is 4.17. The zero-order chi connectivity index (χ0) is 14.8. The molecule has 0 amide bonds. The Kier molecular flexibility index (Phi) is 4.55. The van der Waals surface area contributed by atoms with Crippen LogP contribution in [-0.4, -0.2) is 23.5 Å². The molecule has 1 fully saturated rings. The largest absolute Gasteiger partial charge is 0.431 e. The molecule has 2 rings (SSSR count). The fraction of sp³-hybridized carbons (Fsp3) is 0.812. The van der Waals surface area contributed by atoms with Crippen LogP contribution in [0, 0.1) is 0 Å². The summed E-state index contributed by atoms with van der Waals surface area (Å²) in [5.41, 5.74) is -0.192. The van der Waals surface area contributed by atoms with Crippen molar-refractivity contribution in [3.05, 3.63) is 11.8 Å². The van der Waals surface area contributed by atoms with Crippen LogP contribution in [0.15, 0.2) is 11.8 Å². The number of carbonyl (C=O) groups excluding carboxylic acids is 1. The molecule has 0 spiro atoms. The summed E-state index contributed by atoms with van der Waals surface area (Å²) in [4.78, 5) is 11.0. The van der Waals surface area contributed by atoms with E-state index in [0.717, 1.165) is 37.9 Å². The number of hydrogen-bond donors (Lipinski definition) is 0. The van der Waals surface area contributed by atoms with Crippen LogP contribution in [0.4, 0.5) is 0 Å². The maximum absolute atomic E-state index is 11.0. The van der Waals surface area contributed by atoms with Gasteiger partial charge in [-0.15, -0.1) is 0 Å².